The van der Waals surface area contributed by atoms with Crippen molar-refractivity contribution in [2.45, 2.75) is 38.8 Å². The van der Waals surface area contributed by atoms with Crippen molar-refractivity contribution in [1.29, 1.82) is 0 Å². The highest BCUT2D eigenvalue weighted by Gasteiger charge is 2.28. The summed E-state index contributed by atoms with van der Waals surface area (Å²) in [6.45, 7) is 4.53. The zero-order valence-electron chi connectivity index (χ0n) is 9.99. The molecule has 1 fully saturated rings. The third-order valence-electron chi connectivity index (χ3n) is 2.88. The third-order valence-corrected chi connectivity index (χ3v) is 3.81. The standard InChI is InChI=1S/C11H17N3O2S/c1-3-8-6(2)17-11(13-8)14-10(16)9-4-7(15)5-12-9/h7,9,12,15H,3-5H2,1-2H3,(H,13,14,16). The van der Waals surface area contributed by atoms with Crippen molar-refractivity contribution in [1.82, 2.24) is 10.3 Å². The van der Waals surface area contributed by atoms with E-state index in [1.807, 2.05) is 13.8 Å². The molecule has 2 unspecified atom stereocenters. The van der Waals surface area contributed by atoms with E-state index < -0.39 is 6.10 Å². The molecule has 1 aliphatic rings. The smallest absolute Gasteiger partial charge is 0.243 e. The van der Waals surface area contributed by atoms with Crippen molar-refractivity contribution in [2.24, 2.45) is 0 Å². The fraction of sp³-hybridized carbons (Fsp3) is 0.636. The van der Waals surface area contributed by atoms with Crippen molar-refractivity contribution >= 4 is 22.4 Å². The fourth-order valence-electron chi connectivity index (χ4n) is 1.92. The number of anilines is 1. The normalized spacial score (nSPS) is 23.9. The minimum atomic E-state index is -0.421. The number of amides is 1. The van der Waals surface area contributed by atoms with E-state index in [-0.39, 0.29) is 11.9 Å². The molecule has 3 N–H and O–H groups in total. The minimum Gasteiger partial charge on any atom is -0.392 e. The van der Waals surface area contributed by atoms with Gasteiger partial charge in [-0.05, 0) is 19.8 Å². The Morgan fingerprint density at radius 3 is 3.00 bits per heavy atom. The minimum absolute atomic E-state index is 0.113. The molecule has 2 rings (SSSR count). The number of rotatable bonds is 3. The average molecular weight is 255 g/mol. The first-order valence-corrected chi connectivity index (χ1v) is 6.60. The molecule has 1 amide bonds. The first-order valence-electron chi connectivity index (χ1n) is 5.78. The van der Waals surface area contributed by atoms with Crippen LogP contribution in [-0.2, 0) is 11.2 Å². The van der Waals surface area contributed by atoms with Gasteiger partial charge in [0.2, 0.25) is 5.91 Å². The molecule has 6 heteroatoms. The Labute approximate surface area is 104 Å². The van der Waals surface area contributed by atoms with E-state index >= 15 is 0 Å². The van der Waals surface area contributed by atoms with Gasteiger partial charge in [-0.3, -0.25) is 4.79 Å². The number of aromatic nitrogens is 1. The summed E-state index contributed by atoms with van der Waals surface area (Å²) in [6.07, 6.45) is 0.921. The van der Waals surface area contributed by atoms with Crippen LogP contribution in [0.5, 0.6) is 0 Å². The summed E-state index contributed by atoms with van der Waals surface area (Å²) >= 11 is 1.49. The second-order valence-corrected chi connectivity index (χ2v) is 5.42. The van der Waals surface area contributed by atoms with E-state index in [0.29, 0.717) is 18.1 Å². The van der Waals surface area contributed by atoms with E-state index in [0.717, 1.165) is 17.0 Å². The maximum Gasteiger partial charge on any atom is 0.243 e. The number of β-amino-alcohol motifs (C(OH)–C–C–N with tert-alkyl or cyclic N) is 1. The molecule has 2 atom stereocenters. The van der Waals surface area contributed by atoms with Crippen LogP contribution in [-0.4, -0.2) is 34.7 Å². The summed E-state index contributed by atoms with van der Waals surface area (Å²) in [4.78, 5) is 17.3. The molecule has 0 aliphatic carbocycles. The van der Waals surface area contributed by atoms with E-state index in [9.17, 15) is 9.90 Å². The van der Waals surface area contributed by atoms with Crippen LogP contribution in [0.15, 0.2) is 0 Å². The molecular formula is C11H17N3O2S. The average Bonchev–Trinajstić information content (AvgIpc) is 2.85. The van der Waals surface area contributed by atoms with Gasteiger partial charge in [0.1, 0.15) is 0 Å². The van der Waals surface area contributed by atoms with E-state index in [1.54, 1.807) is 0 Å². The number of carbonyl (C=O) groups excluding carboxylic acids is 1. The van der Waals surface area contributed by atoms with Crippen LogP contribution in [0.1, 0.15) is 23.9 Å². The number of aliphatic hydroxyl groups is 1. The van der Waals surface area contributed by atoms with Crippen LogP contribution in [0, 0.1) is 6.92 Å². The molecule has 1 saturated heterocycles. The van der Waals surface area contributed by atoms with Crippen molar-refractivity contribution in [3.63, 3.8) is 0 Å². The molecule has 1 aromatic rings. The number of carbonyl (C=O) groups is 1. The molecule has 0 radical (unpaired) electrons. The second kappa shape index (κ2) is 5.12. The zero-order valence-corrected chi connectivity index (χ0v) is 10.8. The van der Waals surface area contributed by atoms with Gasteiger partial charge in [-0.25, -0.2) is 4.98 Å². The number of aryl methyl sites for hydroxylation is 2. The van der Waals surface area contributed by atoms with Crippen molar-refractivity contribution in [3.8, 4) is 0 Å². The lowest BCUT2D eigenvalue weighted by Crippen LogP contribution is -2.35. The molecule has 0 saturated carbocycles. The molecule has 0 bridgehead atoms. The van der Waals surface area contributed by atoms with E-state index in [1.165, 1.54) is 11.3 Å². The number of aliphatic hydroxyl groups excluding tert-OH is 1. The molecule has 2 heterocycles. The number of nitrogens with zero attached hydrogens (tertiary/aromatic N) is 1. The SMILES string of the molecule is CCc1nc(NC(=O)C2CC(O)CN2)sc1C. The van der Waals surface area contributed by atoms with E-state index in [4.69, 9.17) is 0 Å². The number of hydrogen-bond donors (Lipinski definition) is 3. The van der Waals surface area contributed by atoms with Crippen LogP contribution in [0.4, 0.5) is 5.13 Å². The van der Waals surface area contributed by atoms with Crippen molar-refractivity contribution in [3.05, 3.63) is 10.6 Å². The predicted octanol–water partition coefficient (Wildman–Crippen LogP) is 0.675. The molecule has 5 nitrogen and oxygen atoms in total. The summed E-state index contributed by atoms with van der Waals surface area (Å²) < 4.78 is 0. The van der Waals surface area contributed by atoms with Gasteiger partial charge in [-0.2, -0.15) is 0 Å². The van der Waals surface area contributed by atoms with Gasteiger partial charge >= 0.3 is 0 Å². The topological polar surface area (TPSA) is 74.2 Å². The second-order valence-electron chi connectivity index (χ2n) is 4.22. The van der Waals surface area contributed by atoms with Crippen LogP contribution in [0.3, 0.4) is 0 Å². The Balaban J connectivity index is 1.98. The Morgan fingerprint density at radius 2 is 2.47 bits per heavy atom. The predicted molar refractivity (Wildman–Crippen MR) is 67.3 cm³/mol. The molecule has 1 aromatic heterocycles. The summed E-state index contributed by atoms with van der Waals surface area (Å²) in [5.41, 5.74) is 1.03. The lowest BCUT2D eigenvalue weighted by atomic mass is 10.2. The van der Waals surface area contributed by atoms with Gasteiger partial charge in [-0.1, -0.05) is 6.92 Å². The zero-order chi connectivity index (χ0) is 12.4. The highest BCUT2D eigenvalue weighted by molar-refractivity contribution is 7.15. The summed E-state index contributed by atoms with van der Waals surface area (Å²) in [7, 11) is 0. The highest BCUT2D eigenvalue weighted by Crippen LogP contribution is 2.22. The fourth-order valence-corrected chi connectivity index (χ4v) is 2.82. The Morgan fingerprint density at radius 1 is 1.71 bits per heavy atom. The summed E-state index contributed by atoms with van der Waals surface area (Å²) in [6, 6.07) is -0.306. The highest BCUT2D eigenvalue weighted by atomic mass is 32.1. The Kier molecular flexibility index (Phi) is 3.76. The Hall–Kier alpha value is -0.980. The lowest BCUT2D eigenvalue weighted by molar-refractivity contribution is -0.117. The van der Waals surface area contributed by atoms with E-state index in [2.05, 4.69) is 15.6 Å². The number of hydrogen-bond acceptors (Lipinski definition) is 5. The van der Waals surface area contributed by atoms with Crippen LogP contribution >= 0.6 is 11.3 Å². The summed E-state index contributed by atoms with van der Waals surface area (Å²) in [5.74, 6) is -0.113. The molecule has 0 aromatic carbocycles. The first-order chi connectivity index (χ1) is 8.10. The van der Waals surface area contributed by atoms with Crippen LogP contribution < -0.4 is 10.6 Å². The maximum absolute atomic E-state index is 11.9. The van der Waals surface area contributed by atoms with Gasteiger partial charge in [-0.15, -0.1) is 11.3 Å². The van der Waals surface area contributed by atoms with Gasteiger partial charge in [0.05, 0.1) is 17.8 Å². The number of nitrogens with one attached hydrogen (secondary N) is 2. The first kappa shape index (κ1) is 12.5. The molecule has 0 spiro atoms. The monoisotopic (exact) mass is 255 g/mol. The van der Waals surface area contributed by atoms with Crippen LogP contribution in [0.2, 0.25) is 0 Å². The molecule has 94 valence electrons. The largest absolute Gasteiger partial charge is 0.392 e. The summed E-state index contributed by atoms with van der Waals surface area (Å²) in [5, 5.41) is 15.8. The van der Waals surface area contributed by atoms with Gasteiger partial charge in [0.25, 0.3) is 0 Å². The Bertz CT molecular complexity index is 419. The van der Waals surface area contributed by atoms with Gasteiger partial charge < -0.3 is 15.7 Å². The lowest BCUT2D eigenvalue weighted by Gasteiger charge is -2.08. The molecule has 1 aliphatic heterocycles. The van der Waals surface area contributed by atoms with Gasteiger partial charge in [0.15, 0.2) is 5.13 Å². The van der Waals surface area contributed by atoms with Crippen LogP contribution in [0.25, 0.3) is 0 Å². The van der Waals surface area contributed by atoms with Gasteiger partial charge in [0, 0.05) is 11.4 Å². The third kappa shape index (κ3) is 2.83. The van der Waals surface area contributed by atoms with Crippen molar-refractivity contribution < 1.29 is 9.90 Å². The number of thiazole rings is 1. The van der Waals surface area contributed by atoms with Crippen molar-refractivity contribution in [2.75, 3.05) is 11.9 Å². The quantitative estimate of drug-likeness (QED) is 0.742. The molecular weight excluding hydrogens is 238 g/mol. The maximum atomic E-state index is 11.9. The molecule has 17 heavy (non-hydrogen) atoms.